The molecule has 1 aromatic heterocycles. The number of carbonyl (C=O) groups is 1. The summed E-state index contributed by atoms with van der Waals surface area (Å²) >= 11 is 9.40. The fourth-order valence-electron chi connectivity index (χ4n) is 1.49. The van der Waals surface area contributed by atoms with E-state index in [0.717, 1.165) is 4.47 Å². The van der Waals surface area contributed by atoms with E-state index in [1.807, 2.05) is 6.07 Å². The predicted molar refractivity (Wildman–Crippen MR) is 80.5 cm³/mol. The topological polar surface area (TPSA) is 68.5 Å². The molecule has 1 aromatic carbocycles. The Morgan fingerprint density at radius 3 is 2.81 bits per heavy atom. The summed E-state index contributed by atoms with van der Waals surface area (Å²) in [6.45, 7) is 1.74. The van der Waals surface area contributed by atoms with Crippen molar-refractivity contribution in [3.63, 3.8) is 0 Å². The second-order valence-corrected chi connectivity index (χ2v) is 5.82. The molecule has 6 nitrogen and oxygen atoms in total. The van der Waals surface area contributed by atoms with Crippen molar-refractivity contribution >= 4 is 33.4 Å². The molecule has 0 fully saturated rings. The lowest BCUT2D eigenvalue weighted by molar-refractivity contribution is 0.0779. The highest BCUT2D eigenvalue weighted by atomic mass is 79.9. The first-order chi connectivity index (χ1) is 9.88. The number of amides is 1. The van der Waals surface area contributed by atoms with Gasteiger partial charge >= 0.3 is 11.8 Å². The van der Waals surface area contributed by atoms with Crippen LogP contribution < -0.4 is 4.74 Å². The van der Waals surface area contributed by atoms with Crippen LogP contribution in [0.2, 0.25) is 5.02 Å². The van der Waals surface area contributed by atoms with E-state index >= 15 is 0 Å². The van der Waals surface area contributed by atoms with Gasteiger partial charge in [0.2, 0.25) is 5.82 Å². The molecule has 1 heterocycles. The fraction of sp³-hybridized carbons (Fsp3) is 0.308. The first kappa shape index (κ1) is 15.8. The molecule has 8 heteroatoms. The molecule has 1 atom stereocenters. The smallest absolute Gasteiger partial charge is 0.316 e. The normalized spacial score (nSPS) is 12.0. The number of halogens is 2. The van der Waals surface area contributed by atoms with Gasteiger partial charge in [-0.05, 0) is 25.1 Å². The molecule has 0 spiro atoms. The first-order valence-electron chi connectivity index (χ1n) is 6.05. The quantitative estimate of drug-likeness (QED) is 0.821. The molecule has 112 valence electrons. The van der Waals surface area contributed by atoms with E-state index in [1.54, 1.807) is 33.2 Å². The highest BCUT2D eigenvalue weighted by Crippen LogP contribution is 2.30. The Bertz CT molecular complexity index is 660. The van der Waals surface area contributed by atoms with E-state index in [-0.39, 0.29) is 17.6 Å². The van der Waals surface area contributed by atoms with Gasteiger partial charge in [-0.2, -0.15) is 4.98 Å². The van der Waals surface area contributed by atoms with Gasteiger partial charge in [-0.25, -0.2) is 0 Å². The maximum absolute atomic E-state index is 11.7. The first-order valence-corrected chi connectivity index (χ1v) is 7.22. The van der Waals surface area contributed by atoms with Crippen LogP contribution in [0.5, 0.6) is 5.75 Å². The molecular weight excluding hydrogens is 362 g/mol. The number of ether oxygens (including phenoxy) is 1. The number of hydrogen-bond donors (Lipinski definition) is 0. The number of hydrogen-bond acceptors (Lipinski definition) is 5. The third kappa shape index (κ3) is 3.74. The second kappa shape index (κ2) is 6.44. The maximum atomic E-state index is 11.7. The highest BCUT2D eigenvalue weighted by Gasteiger charge is 2.21. The molecule has 0 N–H and O–H groups in total. The molecule has 0 saturated heterocycles. The molecule has 0 aliphatic carbocycles. The van der Waals surface area contributed by atoms with E-state index in [4.69, 9.17) is 20.9 Å². The highest BCUT2D eigenvalue weighted by molar-refractivity contribution is 9.10. The Morgan fingerprint density at radius 1 is 1.48 bits per heavy atom. The predicted octanol–water partition coefficient (Wildman–Crippen LogP) is 3.33. The van der Waals surface area contributed by atoms with Gasteiger partial charge in [0.1, 0.15) is 5.75 Å². The van der Waals surface area contributed by atoms with Gasteiger partial charge in [-0.1, -0.05) is 32.7 Å². The van der Waals surface area contributed by atoms with E-state index < -0.39 is 6.10 Å². The van der Waals surface area contributed by atoms with E-state index in [9.17, 15) is 4.79 Å². The lowest BCUT2D eigenvalue weighted by Crippen LogP contribution is -2.22. The monoisotopic (exact) mass is 373 g/mol. The van der Waals surface area contributed by atoms with Crippen molar-refractivity contribution in [2.45, 2.75) is 13.0 Å². The minimum absolute atomic E-state index is 0.0765. The van der Waals surface area contributed by atoms with Crippen LogP contribution in [0, 0.1) is 0 Å². The number of rotatable bonds is 4. The number of aromatic nitrogens is 2. The molecular formula is C13H13BrClN3O3. The van der Waals surface area contributed by atoms with Crippen LogP contribution in [0.15, 0.2) is 27.2 Å². The second-order valence-electron chi connectivity index (χ2n) is 4.49. The van der Waals surface area contributed by atoms with Crippen molar-refractivity contribution in [2.75, 3.05) is 14.1 Å². The van der Waals surface area contributed by atoms with Crippen LogP contribution in [-0.4, -0.2) is 35.0 Å². The lowest BCUT2D eigenvalue weighted by Gasteiger charge is -2.12. The summed E-state index contributed by atoms with van der Waals surface area (Å²) in [4.78, 5) is 17.1. The summed E-state index contributed by atoms with van der Waals surface area (Å²) in [6, 6.07) is 5.26. The zero-order valence-corrected chi connectivity index (χ0v) is 14.0. The van der Waals surface area contributed by atoms with Crippen molar-refractivity contribution in [3.8, 4) is 5.75 Å². The maximum Gasteiger partial charge on any atom is 0.316 e. The van der Waals surface area contributed by atoms with Crippen LogP contribution >= 0.6 is 27.5 Å². The molecule has 0 saturated carbocycles. The Labute approximate surface area is 135 Å². The zero-order chi connectivity index (χ0) is 15.6. The van der Waals surface area contributed by atoms with Gasteiger partial charge in [0.25, 0.3) is 0 Å². The SMILES string of the molecule is CC(Oc1ccc(Br)cc1Cl)c1noc(C(=O)N(C)C)n1. The summed E-state index contributed by atoms with van der Waals surface area (Å²) in [5.74, 6) is 0.340. The molecule has 2 aromatic rings. The van der Waals surface area contributed by atoms with Crippen LogP contribution in [0.3, 0.4) is 0 Å². The van der Waals surface area contributed by atoms with Gasteiger partial charge in [0, 0.05) is 18.6 Å². The van der Waals surface area contributed by atoms with Gasteiger partial charge in [0.05, 0.1) is 5.02 Å². The van der Waals surface area contributed by atoms with E-state index in [2.05, 4.69) is 26.1 Å². The summed E-state index contributed by atoms with van der Waals surface area (Å²) < 4.78 is 11.5. The molecule has 1 amide bonds. The Hall–Kier alpha value is -1.60. The Balaban J connectivity index is 2.13. The third-order valence-electron chi connectivity index (χ3n) is 2.59. The van der Waals surface area contributed by atoms with Crippen LogP contribution in [0.25, 0.3) is 0 Å². The number of nitrogens with zero attached hydrogens (tertiary/aromatic N) is 3. The molecule has 0 radical (unpaired) electrons. The average Bonchev–Trinajstić information content (AvgIpc) is 2.90. The third-order valence-corrected chi connectivity index (χ3v) is 3.38. The molecule has 1 unspecified atom stereocenters. The summed E-state index contributed by atoms with van der Waals surface area (Å²) in [6.07, 6.45) is -0.504. The van der Waals surface area contributed by atoms with Gasteiger partial charge in [-0.15, -0.1) is 0 Å². The van der Waals surface area contributed by atoms with Crippen LogP contribution in [0.4, 0.5) is 0 Å². The molecule has 0 aliphatic rings. The largest absolute Gasteiger partial charge is 0.481 e. The number of benzene rings is 1. The summed E-state index contributed by atoms with van der Waals surface area (Å²) in [7, 11) is 3.21. The Kier molecular flexibility index (Phi) is 4.84. The Morgan fingerprint density at radius 2 is 2.19 bits per heavy atom. The standard InChI is InChI=1S/C13H13BrClN3O3/c1-7(20-10-5-4-8(14)6-9(10)15)11-16-12(21-17-11)13(19)18(2)3/h4-7H,1-3H3. The van der Waals surface area contributed by atoms with Gasteiger partial charge in [-0.3, -0.25) is 4.79 Å². The minimum atomic E-state index is -0.504. The lowest BCUT2D eigenvalue weighted by atomic mass is 10.3. The van der Waals surface area contributed by atoms with Gasteiger partial charge < -0.3 is 14.2 Å². The van der Waals surface area contributed by atoms with Crippen molar-refractivity contribution in [2.24, 2.45) is 0 Å². The fourth-order valence-corrected chi connectivity index (χ4v) is 2.21. The van der Waals surface area contributed by atoms with Crippen molar-refractivity contribution in [1.82, 2.24) is 15.0 Å². The van der Waals surface area contributed by atoms with Crippen molar-refractivity contribution < 1.29 is 14.1 Å². The molecule has 0 bridgehead atoms. The van der Waals surface area contributed by atoms with Crippen LogP contribution in [-0.2, 0) is 0 Å². The summed E-state index contributed by atoms with van der Waals surface area (Å²) in [5, 5.41) is 4.21. The van der Waals surface area contributed by atoms with Crippen LogP contribution in [0.1, 0.15) is 29.5 Å². The number of carbonyl (C=O) groups excluding carboxylic acids is 1. The summed E-state index contributed by atoms with van der Waals surface area (Å²) in [5.41, 5.74) is 0. The molecule has 2 rings (SSSR count). The zero-order valence-electron chi connectivity index (χ0n) is 11.6. The molecule has 0 aliphatic heterocycles. The van der Waals surface area contributed by atoms with E-state index in [0.29, 0.717) is 10.8 Å². The van der Waals surface area contributed by atoms with Gasteiger partial charge in [0.15, 0.2) is 6.10 Å². The molecule has 21 heavy (non-hydrogen) atoms. The van der Waals surface area contributed by atoms with E-state index in [1.165, 1.54) is 4.90 Å². The minimum Gasteiger partial charge on any atom is -0.481 e. The average molecular weight is 375 g/mol. The van der Waals surface area contributed by atoms with Crippen molar-refractivity contribution in [1.29, 1.82) is 0 Å². The van der Waals surface area contributed by atoms with Crippen molar-refractivity contribution in [3.05, 3.63) is 39.4 Å².